The summed E-state index contributed by atoms with van der Waals surface area (Å²) in [7, 11) is 0. The van der Waals surface area contributed by atoms with Gasteiger partial charge in [-0.15, -0.1) is 11.6 Å². The number of hydrogen-bond donors (Lipinski definition) is 1. The number of nitrogens with zero attached hydrogens (tertiary/aromatic N) is 1. The molecule has 1 atom stereocenters. The molecule has 1 heterocycles. The average molecular weight is 226 g/mol. The first kappa shape index (κ1) is 10.5. The van der Waals surface area contributed by atoms with Crippen molar-refractivity contribution < 1.29 is 9.90 Å². The number of aliphatic hydroxyl groups excluding tert-OH is 1. The van der Waals surface area contributed by atoms with Crippen LogP contribution in [0.25, 0.3) is 0 Å². The summed E-state index contributed by atoms with van der Waals surface area (Å²) in [5, 5.41) is 9.90. The number of aliphatic hydroxyl groups is 1. The Morgan fingerprint density at radius 1 is 1.40 bits per heavy atom. The van der Waals surface area contributed by atoms with Gasteiger partial charge in [-0.3, -0.25) is 4.79 Å². The van der Waals surface area contributed by atoms with E-state index in [-0.39, 0.29) is 5.91 Å². The van der Waals surface area contributed by atoms with Crippen LogP contribution in [0.4, 0.5) is 0 Å². The second-order valence-electron chi connectivity index (χ2n) is 3.50. The topological polar surface area (TPSA) is 40.5 Å². The summed E-state index contributed by atoms with van der Waals surface area (Å²) >= 11 is 5.57. The van der Waals surface area contributed by atoms with Crippen LogP contribution in [-0.2, 0) is 0 Å². The third-order valence-corrected chi connectivity index (χ3v) is 2.83. The van der Waals surface area contributed by atoms with Gasteiger partial charge in [-0.2, -0.15) is 0 Å². The fraction of sp³-hybridized carbons (Fsp3) is 0.364. The van der Waals surface area contributed by atoms with Gasteiger partial charge in [0.25, 0.3) is 5.91 Å². The van der Waals surface area contributed by atoms with Gasteiger partial charge in [0.05, 0.1) is 0 Å². The third-order valence-electron chi connectivity index (χ3n) is 2.56. The molecule has 2 rings (SSSR count). The normalized spacial score (nSPS) is 19.5. The molecular formula is C11H12ClNO2. The van der Waals surface area contributed by atoms with Crippen LogP contribution in [0.3, 0.4) is 0 Å². The molecule has 0 unspecified atom stereocenters. The minimum Gasteiger partial charge on any atom is -0.369 e. The van der Waals surface area contributed by atoms with E-state index in [1.807, 2.05) is 6.07 Å². The molecule has 1 aromatic rings. The van der Waals surface area contributed by atoms with Gasteiger partial charge in [0.2, 0.25) is 0 Å². The van der Waals surface area contributed by atoms with E-state index in [1.165, 1.54) is 4.90 Å². The fourth-order valence-electron chi connectivity index (χ4n) is 1.80. The molecular weight excluding hydrogens is 214 g/mol. The lowest BCUT2D eigenvalue weighted by atomic mass is 10.1. The second kappa shape index (κ2) is 4.21. The molecule has 0 spiro atoms. The first-order chi connectivity index (χ1) is 7.25. The van der Waals surface area contributed by atoms with Crippen molar-refractivity contribution in [3.8, 4) is 0 Å². The van der Waals surface area contributed by atoms with Crippen LogP contribution >= 0.6 is 11.6 Å². The highest BCUT2D eigenvalue weighted by Crippen LogP contribution is 2.31. The Morgan fingerprint density at radius 2 is 2.13 bits per heavy atom. The summed E-state index contributed by atoms with van der Waals surface area (Å²) in [4.78, 5) is 13.3. The number of carbonyl (C=O) groups is 1. The predicted octanol–water partition coefficient (Wildman–Crippen LogP) is 1.76. The van der Waals surface area contributed by atoms with Gasteiger partial charge >= 0.3 is 0 Å². The van der Waals surface area contributed by atoms with Crippen LogP contribution in [0, 0.1) is 0 Å². The van der Waals surface area contributed by atoms with Crippen molar-refractivity contribution >= 4 is 17.5 Å². The van der Waals surface area contributed by atoms with Crippen LogP contribution < -0.4 is 0 Å². The van der Waals surface area contributed by atoms with Gasteiger partial charge < -0.3 is 10.0 Å². The van der Waals surface area contributed by atoms with Crippen molar-refractivity contribution in [1.29, 1.82) is 0 Å². The predicted molar refractivity (Wildman–Crippen MR) is 57.8 cm³/mol. The summed E-state index contributed by atoms with van der Waals surface area (Å²) in [5.41, 5.74) is 1.29. The zero-order valence-electron chi connectivity index (χ0n) is 8.19. The molecule has 1 aromatic carbocycles. The lowest BCUT2D eigenvalue weighted by molar-refractivity contribution is 0.0179. The molecule has 0 saturated heterocycles. The lowest BCUT2D eigenvalue weighted by Crippen LogP contribution is -2.29. The minimum atomic E-state index is -0.808. The van der Waals surface area contributed by atoms with E-state index in [2.05, 4.69) is 0 Å². The van der Waals surface area contributed by atoms with Gasteiger partial charge in [-0.05, 0) is 12.5 Å². The van der Waals surface area contributed by atoms with E-state index in [0.29, 0.717) is 30.0 Å². The lowest BCUT2D eigenvalue weighted by Gasteiger charge is -2.19. The van der Waals surface area contributed by atoms with E-state index >= 15 is 0 Å². The number of hydrogen-bond acceptors (Lipinski definition) is 2. The van der Waals surface area contributed by atoms with Crippen molar-refractivity contribution in [3.05, 3.63) is 35.4 Å². The zero-order chi connectivity index (χ0) is 10.8. The number of alkyl halides is 1. The second-order valence-corrected chi connectivity index (χ2v) is 3.88. The molecule has 1 aliphatic heterocycles. The number of fused-ring (bicyclic) bond motifs is 1. The molecule has 0 aliphatic carbocycles. The standard InChI is InChI=1S/C11H12ClNO2/c12-6-3-7-13-10(14)8-4-1-2-5-9(8)11(13)15/h1-2,4-5,10,14H,3,6-7H2/t10-/m1/s1. The molecule has 0 fully saturated rings. The van der Waals surface area contributed by atoms with Crippen LogP contribution in [0.15, 0.2) is 24.3 Å². The van der Waals surface area contributed by atoms with E-state index in [4.69, 9.17) is 11.6 Å². The monoisotopic (exact) mass is 225 g/mol. The largest absolute Gasteiger partial charge is 0.369 e. The van der Waals surface area contributed by atoms with Gasteiger partial charge in [0.1, 0.15) is 0 Å². The molecule has 4 heteroatoms. The molecule has 1 aliphatic rings. The molecule has 3 nitrogen and oxygen atoms in total. The molecule has 0 radical (unpaired) electrons. The van der Waals surface area contributed by atoms with E-state index in [0.717, 1.165) is 0 Å². The maximum absolute atomic E-state index is 11.8. The summed E-state index contributed by atoms with van der Waals surface area (Å²) in [5.74, 6) is 0.385. The third kappa shape index (κ3) is 1.73. The fourth-order valence-corrected chi connectivity index (χ4v) is 1.92. The van der Waals surface area contributed by atoms with Gasteiger partial charge in [0.15, 0.2) is 6.23 Å². The molecule has 0 bridgehead atoms. The smallest absolute Gasteiger partial charge is 0.256 e. The number of rotatable bonds is 3. The Kier molecular flexibility index (Phi) is 2.93. The van der Waals surface area contributed by atoms with E-state index < -0.39 is 6.23 Å². The highest BCUT2D eigenvalue weighted by molar-refractivity contribution is 6.17. The van der Waals surface area contributed by atoms with Gasteiger partial charge in [-0.1, -0.05) is 18.2 Å². The van der Waals surface area contributed by atoms with E-state index in [9.17, 15) is 9.90 Å². The van der Waals surface area contributed by atoms with E-state index in [1.54, 1.807) is 18.2 Å². The molecule has 1 N–H and O–H groups in total. The quantitative estimate of drug-likeness (QED) is 0.797. The highest BCUT2D eigenvalue weighted by atomic mass is 35.5. The van der Waals surface area contributed by atoms with Gasteiger partial charge in [-0.25, -0.2) is 0 Å². The van der Waals surface area contributed by atoms with Crippen LogP contribution in [0.2, 0.25) is 0 Å². The summed E-state index contributed by atoms with van der Waals surface area (Å²) in [6.45, 7) is 0.498. The number of benzene rings is 1. The molecule has 80 valence electrons. The zero-order valence-corrected chi connectivity index (χ0v) is 8.94. The average Bonchev–Trinajstić information content (AvgIpc) is 2.51. The van der Waals surface area contributed by atoms with Crippen LogP contribution in [0.5, 0.6) is 0 Å². The maximum atomic E-state index is 11.8. The minimum absolute atomic E-state index is 0.108. The maximum Gasteiger partial charge on any atom is 0.256 e. The molecule has 0 aromatic heterocycles. The van der Waals surface area contributed by atoms with Crippen LogP contribution in [-0.4, -0.2) is 28.3 Å². The Hall–Kier alpha value is -1.06. The van der Waals surface area contributed by atoms with Crippen molar-refractivity contribution in [2.24, 2.45) is 0 Å². The van der Waals surface area contributed by atoms with Gasteiger partial charge in [0, 0.05) is 23.6 Å². The molecule has 1 amide bonds. The number of carbonyl (C=O) groups excluding carboxylic acids is 1. The Bertz CT molecular complexity index is 381. The molecule has 15 heavy (non-hydrogen) atoms. The van der Waals surface area contributed by atoms with Crippen molar-refractivity contribution in [2.75, 3.05) is 12.4 Å². The summed E-state index contributed by atoms with van der Waals surface area (Å²) in [6, 6.07) is 7.13. The Labute approximate surface area is 93.3 Å². The molecule has 0 saturated carbocycles. The van der Waals surface area contributed by atoms with Crippen molar-refractivity contribution in [1.82, 2.24) is 4.90 Å². The summed E-state index contributed by atoms with van der Waals surface area (Å²) in [6.07, 6.45) is -0.116. The first-order valence-electron chi connectivity index (χ1n) is 4.89. The van der Waals surface area contributed by atoms with Crippen LogP contribution in [0.1, 0.15) is 28.6 Å². The Balaban J connectivity index is 2.25. The number of halogens is 1. The highest BCUT2D eigenvalue weighted by Gasteiger charge is 2.34. The summed E-state index contributed by atoms with van der Waals surface area (Å²) < 4.78 is 0. The SMILES string of the molecule is O=C1c2ccccc2[C@@H](O)N1CCCCl. The Morgan fingerprint density at radius 3 is 2.80 bits per heavy atom. The van der Waals surface area contributed by atoms with Crippen molar-refractivity contribution in [2.45, 2.75) is 12.6 Å². The first-order valence-corrected chi connectivity index (χ1v) is 5.43. The number of amides is 1. The van der Waals surface area contributed by atoms with Crippen molar-refractivity contribution in [3.63, 3.8) is 0 Å².